The van der Waals surface area contributed by atoms with Crippen LogP contribution in [0.3, 0.4) is 0 Å². The molecule has 0 aromatic carbocycles. The van der Waals surface area contributed by atoms with Crippen molar-refractivity contribution in [3.63, 3.8) is 0 Å². The van der Waals surface area contributed by atoms with Gasteiger partial charge in [0.15, 0.2) is 0 Å². The van der Waals surface area contributed by atoms with E-state index in [2.05, 4.69) is 5.32 Å². The number of carbonyl (C=O) groups excluding carboxylic acids is 2. The molecule has 0 heterocycles. The number of nitrogens with two attached hydrogens (primary N) is 1. The van der Waals surface area contributed by atoms with Crippen molar-refractivity contribution < 1.29 is 19.1 Å². The first-order valence-corrected chi connectivity index (χ1v) is 5.62. The Kier molecular flexibility index (Phi) is 6.57. The van der Waals surface area contributed by atoms with Crippen molar-refractivity contribution in [2.24, 2.45) is 5.73 Å². The number of amides is 1. The molecule has 0 rings (SSSR count). The van der Waals surface area contributed by atoms with Gasteiger partial charge in [-0.05, 0) is 40.7 Å². The van der Waals surface area contributed by atoms with Gasteiger partial charge in [-0.25, -0.2) is 9.59 Å². The number of rotatable bonds is 5. The highest BCUT2D eigenvalue weighted by Gasteiger charge is 2.21. The molecule has 6 heteroatoms. The van der Waals surface area contributed by atoms with Crippen molar-refractivity contribution in [1.82, 2.24) is 5.32 Å². The molecule has 0 saturated carbocycles. The van der Waals surface area contributed by atoms with Crippen LogP contribution < -0.4 is 11.1 Å². The van der Waals surface area contributed by atoms with Crippen LogP contribution in [-0.2, 0) is 14.3 Å². The first kappa shape index (κ1) is 15.7. The van der Waals surface area contributed by atoms with Gasteiger partial charge in [-0.3, -0.25) is 0 Å². The van der Waals surface area contributed by atoms with Gasteiger partial charge in [0, 0.05) is 0 Å². The molecule has 0 aromatic heterocycles. The van der Waals surface area contributed by atoms with Gasteiger partial charge in [-0.1, -0.05) is 0 Å². The van der Waals surface area contributed by atoms with Crippen molar-refractivity contribution in [1.29, 1.82) is 0 Å². The Morgan fingerprint density at radius 3 is 2.41 bits per heavy atom. The Balaban J connectivity index is 3.95. The van der Waals surface area contributed by atoms with Gasteiger partial charge in [-0.2, -0.15) is 0 Å². The van der Waals surface area contributed by atoms with E-state index in [1.165, 1.54) is 6.92 Å². The summed E-state index contributed by atoms with van der Waals surface area (Å²) < 4.78 is 9.89. The molecule has 0 aliphatic carbocycles. The minimum absolute atomic E-state index is 0.260. The Labute approximate surface area is 102 Å². The quantitative estimate of drug-likeness (QED) is 0.553. The highest BCUT2D eigenvalue weighted by molar-refractivity contribution is 5.80. The third-order valence-corrected chi connectivity index (χ3v) is 1.68. The molecule has 0 radical (unpaired) electrons. The van der Waals surface area contributed by atoms with E-state index >= 15 is 0 Å². The van der Waals surface area contributed by atoms with Gasteiger partial charge < -0.3 is 20.5 Å². The zero-order valence-corrected chi connectivity index (χ0v) is 10.9. The van der Waals surface area contributed by atoms with Crippen LogP contribution in [0.4, 0.5) is 4.79 Å². The molecule has 1 atom stereocenters. The molecule has 0 unspecified atom stereocenters. The lowest BCUT2D eigenvalue weighted by molar-refractivity contribution is -0.145. The summed E-state index contributed by atoms with van der Waals surface area (Å²) in [5.74, 6) is -0.496. The molecule has 3 N–H and O–H groups in total. The predicted octanol–water partition coefficient (Wildman–Crippen LogP) is 0.792. The van der Waals surface area contributed by atoms with E-state index < -0.39 is 23.7 Å². The second kappa shape index (κ2) is 7.11. The standard InChI is InChI=1S/C11H22N2O4/c1-8(9(14)16-7-5-6-12)13-10(15)17-11(2,3)4/h8H,5-7,12H2,1-4H3,(H,13,15)/t8-/m1/s1. The molecule has 0 aromatic rings. The fourth-order valence-electron chi connectivity index (χ4n) is 0.924. The van der Waals surface area contributed by atoms with Crippen molar-refractivity contribution in [3.05, 3.63) is 0 Å². The van der Waals surface area contributed by atoms with E-state index in [0.717, 1.165) is 0 Å². The number of hydrogen-bond acceptors (Lipinski definition) is 5. The van der Waals surface area contributed by atoms with Crippen LogP contribution >= 0.6 is 0 Å². The number of ether oxygens (including phenoxy) is 2. The molecular weight excluding hydrogens is 224 g/mol. The van der Waals surface area contributed by atoms with Crippen LogP contribution in [0.1, 0.15) is 34.1 Å². The van der Waals surface area contributed by atoms with Gasteiger partial charge >= 0.3 is 12.1 Å². The summed E-state index contributed by atoms with van der Waals surface area (Å²) in [4.78, 5) is 22.7. The number of carbonyl (C=O) groups is 2. The molecule has 0 aliphatic rings. The van der Waals surface area contributed by atoms with Crippen LogP contribution in [-0.4, -0.2) is 36.9 Å². The Bertz CT molecular complexity index is 261. The topological polar surface area (TPSA) is 90.6 Å². The fourth-order valence-corrected chi connectivity index (χ4v) is 0.924. The molecule has 100 valence electrons. The second-order valence-electron chi connectivity index (χ2n) is 4.68. The van der Waals surface area contributed by atoms with Crippen molar-refractivity contribution in [3.8, 4) is 0 Å². The number of alkyl carbamates (subject to hydrolysis) is 1. The fraction of sp³-hybridized carbons (Fsp3) is 0.818. The highest BCUT2D eigenvalue weighted by atomic mass is 16.6. The van der Waals surface area contributed by atoms with Gasteiger partial charge in [0.2, 0.25) is 0 Å². The molecule has 6 nitrogen and oxygen atoms in total. The van der Waals surface area contributed by atoms with E-state index in [1.54, 1.807) is 20.8 Å². The van der Waals surface area contributed by atoms with Gasteiger partial charge in [0.25, 0.3) is 0 Å². The van der Waals surface area contributed by atoms with E-state index in [1.807, 2.05) is 0 Å². The first-order chi connectivity index (χ1) is 7.76. The van der Waals surface area contributed by atoms with Crippen LogP contribution in [0.15, 0.2) is 0 Å². The third kappa shape index (κ3) is 8.50. The minimum atomic E-state index is -0.734. The van der Waals surface area contributed by atoms with Crippen molar-refractivity contribution in [2.45, 2.75) is 45.8 Å². The third-order valence-electron chi connectivity index (χ3n) is 1.68. The Morgan fingerprint density at radius 2 is 1.94 bits per heavy atom. The smallest absolute Gasteiger partial charge is 0.408 e. The summed E-state index contributed by atoms with van der Waals surface area (Å²) >= 11 is 0. The summed E-state index contributed by atoms with van der Waals surface area (Å²) in [7, 11) is 0. The maximum atomic E-state index is 11.4. The van der Waals surface area contributed by atoms with E-state index in [0.29, 0.717) is 13.0 Å². The predicted molar refractivity (Wildman–Crippen MR) is 63.5 cm³/mol. The molecule has 0 fully saturated rings. The van der Waals surface area contributed by atoms with Gasteiger partial charge in [0.05, 0.1) is 6.61 Å². The average Bonchev–Trinajstić information content (AvgIpc) is 2.14. The summed E-state index contributed by atoms with van der Waals surface area (Å²) in [5, 5.41) is 2.40. The number of nitrogens with one attached hydrogen (secondary N) is 1. The van der Waals surface area contributed by atoms with E-state index in [9.17, 15) is 9.59 Å². The monoisotopic (exact) mass is 246 g/mol. The summed E-state index contributed by atoms with van der Waals surface area (Å²) in [6, 6.07) is -0.734. The molecule has 0 bridgehead atoms. The van der Waals surface area contributed by atoms with Crippen molar-refractivity contribution >= 4 is 12.1 Å². The number of esters is 1. The minimum Gasteiger partial charge on any atom is -0.464 e. The normalized spacial score (nSPS) is 12.8. The molecule has 0 aliphatic heterocycles. The van der Waals surface area contributed by atoms with Crippen LogP contribution in [0, 0.1) is 0 Å². The zero-order valence-electron chi connectivity index (χ0n) is 10.9. The largest absolute Gasteiger partial charge is 0.464 e. The summed E-state index contributed by atoms with van der Waals surface area (Å²) in [6.07, 6.45) is -0.0361. The zero-order chi connectivity index (χ0) is 13.5. The summed E-state index contributed by atoms with van der Waals surface area (Å²) in [6.45, 7) is 7.50. The molecular formula is C11H22N2O4. The molecule has 0 saturated heterocycles. The molecule has 17 heavy (non-hydrogen) atoms. The Morgan fingerprint density at radius 1 is 1.35 bits per heavy atom. The van der Waals surface area contributed by atoms with Crippen LogP contribution in [0.5, 0.6) is 0 Å². The first-order valence-electron chi connectivity index (χ1n) is 5.62. The van der Waals surface area contributed by atoms with Crippen LogP contribution in [0.25, 0.3) is 0 Å². The van der Waals surface area contributed by atoms with E-state index in [-0.39, 0.29) is 6.61 Å². The van der Waals surface area contributed by atoms with Crippen molar-refractivity contribution in [2.75, 3.05) is 13.2 Å². The van der Waals surface area contributed by atoms with Gasteiger partial charge in [-0.15, -0.1) is 0 Å². The molecule has 1 amide bonds. The average molecular weight is 246 g/mol. The lowest BCUT2D eigenvalue weighted by Crippen LogP contribution is -2.42. The Hall–Kier alpha value is -1.30. The highest BCUT2D eigenvalue weighted by Crippen LogP contribution is 2.06. The van der Waals surface area contributed by atoms with E-state index in [4.69, 9.17) is 15.2 Å². The lowest BCUT2D eigenvalue weighted by atomic mass is 10.2. The van der Waals surface area contributed by atoms with Crippen LogP contribution in [0.2, 0.25) is 0 Å². The van der Waals surface area contributed by atoms with Gasteiger partial charge in [0.1, 0.15) is 11.6 Å². The lowest BCUT2D eigenvalue weighted by Gasteiger charge is -2.21. The summed E-state index contributed by atoms with van der Waals surface area (Å²) in [5.41, 5.74) is 4.67. The second-order valence-corrected chi connectivity index (χ2v) is 4.68. The SMILES string of the molecule is C[C@@H](NC(=O)OC(C)(C)C)C(=O)OCCCN. The maximum Gasteiger partial charge on any atom is 0.408 e. The molecule has 0 spiro atoms. The number of hydrogen-bond donors (Lipinski definition) is 2. The maximum absolute atomic E-state index is 11.4.